The van der Waals surface area contributed by atoms with Gasteiger partial charge < -0.3 is 5.11 Å². The maximum absolute atomic E-state index is 13.6. The third-order valence-corrected chi connectivity index (χ3v) is 4.52. The zero-order chi connectivity index (χ0) is 14.9. The number of aliphatic hydroxyl groups is 1. The molecular weight excluding hydrogens is 326 g/mol. The SMILES string of the molecule is Cc1cc(C(O)Cc2ccc(F)cc2F)cc(C)c1Br. The van der Waals surface area contributed by atoms with Gasteiger partial charge in [-0.05, 0) is 42.2 Å². The van der Waals surface area contributed by atoms with Crippen LogP contribution >= 0.6 is 15.9 Å². The fraction of sp³-hybridized carbons (Fsp3) is 0.250. The lowest BCUT2D eigenvalue weighted by Gasteiger charge is -2.14. The summed E-state index contributed by atoms with van der Waals surface area (Å²) in [5, 5.41) is 10.2. The van der Waals surface area contributed by atoms with Crippen molar-refractivity contribution in [2.75, 3.05) is 0 Å². The molecule has 0 aliphatic rings. The largest absolute Gasteiger partial charge is 0.388 e. The fourth-order valence-corrected chi connectivity index (χ4v) is 2.41. The summed E-state index contributed by atoms with van der Waals surface area (Å²) >= 11 is 3.47. The Morgan fingerprint density at radius 1 is 1.10 bits per heavy atom. The van der Waals surface area contributed by atoms with Gasteiger partial charge in [0.15, 0.2) is 0 Å². The molecule has 0 aromatic heterocycles. The van der Waals surface area contributed by atoms with Gasteiger partial charge in [0, 0.05) is 17.0 Å². The van der Waals surface area contributed by atoms with Crippen LogP contribution in [0.3, 0.4) is 0 Å². The Labute approximate surface area is 125 Å². The molecule has 0 fully saturated rings. The molecular formula is C16H15BrF2O. The molecule has 1 nitrogen and oxygen atoms in total. The quantitative estimate of drug-likeness (QED) is 0.864. The van der Waals surface area contributed by atoms with E-state index >= 15 is 0 Å². The van der Waals surface area contributed by atoms with Gasteiger partial charge in [-0.2, -0.15) is 0 Å². The first-order chi connectivity index (χ1) is 9.38. The molecule has 0 saturated heterocycles. The summed E-state index contributed by atoms with van der Waals surface area (Å²) in [5.74, 6) is -1.24. The Morgan fingerprint density at radius 3 is 2.25 bits per heavy atom. The number of benzene rings is 2. The minimum Gasteiger partial charge on any atom is -0.388 e. The summed E-state index contributed by atoms with van der Waals surface area (Å²) in [6, 6.07) is 7.13. The predicted octanol–water partition coefficient (Wildman–Crippen LogP) is 4.62. The third-order valence-electron chi connectivity index (χ3n) is 3.27. The fourth-order valence-electron chi connectivity index (χ4n) is 2.19. The molecule has 2 aromatic rings. The predicted molar refractivity (Wildman–Crippen MR) is 78.6 cm³/mol. The molecule has 0 spiro atoms. The molecule has 1 unspecified atom stereocenters. The first-order valence-corrected chi connectivity index (χ1v) is 7.06. The van der Waals surface area contributed by atoms with E-state index in [4.69, 9.17) is 0 Å². The second-order valence-electron chi connectivity index (χ2n) is 4.92. The zero-order valence-corrected chi connectivity index (χ0v) is 12.8. The summed E-state index contributed by atoms with van der Waals surface area (Å²) in [6.45, 7) is 3.87. The van der Waals surface area contributed by atoms with Gasteiger partial charge in [-0.3, -0.25) is 0 Å². The molecule has 106 valence electrons. The molecule has 2 aromatic carbocycles. The van der Waals surface area contributed by atoms with Crippen LogP contribution in [0.25, 0.3) is 0 Å². The Hall–Kier alpha value is -1.26. The molecule has 0 heterocycles. The Morgan fingerprint density at radius 2 is 1.70 bits per heavy atom. The Bertz CT molecular complexity index is 617. The van der Waals surface area contributed by atoms with E-state index in [1.165, 1.54) is 12.1 Å². The minimum atomic E-state index is -0.819. The first kappa shape index (κ1) is 15.1. The van der Waals surface area contributed by atoms with Crippen molar-refractivity contribution >= 4 is 15.9 Å². The molecule has 0 aliphatic carbocycles. The van der Waals surface area contributed by atoms with Crippen LogP contribution in [0.15, 0.2) is 34.8 Å². The topological polar surface area (TPSA) is 20.2 Å². The van der Waals surface area contributed by atoms with Crippen molar-refractivity contribution < 1.29 is 13.9 Å². The van der Waals surface area contributed by atoms with E-state index in [0.717, 1.165) is 27.2 Å². The normalized spacial score (nSPS) is 12.5. The van der Waals surface area contributed by atoms with Crippen molar-refractivity contribution in [1.82, 2.24) is 0 Å². The van der Waals surface area contributed by atoms with Gasteiger partial charge in [0.25, 0.3) is 0 Å². The van der Waals surface area contributed by atoms with Crippen LogP contribution in [-0.4, -0.2) is 5.11 Å². The van der Waals surface area contributed by atoms with Crippen LogP contribution in [0.4, 0.5) is 8.78 Å². The number of rotatable bonds is 3. The van der Waals surface area contributed by atoms with Gasteiger partial charge in [0.1, 0.15) is 11.6 Å². The van der Waals surface area contributed by atoms with E-state index in [0.29, 0.717) is 5.56 Å². The molecule has 1 N–H and O–H groups in total. The van der Waals surface area contributed by atoms with Crippen molar-refractivity contribution in [1.29, 1.82) is 0 Å². The molecule has 2 rings (SSSR count). The lowest BCUT2D eigenvalue weighted by Crippen LogP contribution is -2.05. The molecule has 0 saturated carbocycles. The lowest BCUT2D eigenvalue weighted by atomic mass is 9.98. The summed E-state index contributed by atoms with van der Waals surface area (Å²) < 4.78 is 27.4. The van der Waals surface area contributed by atoms with Gasteiger partial charge in [0.2, 0.25) is 0 Å². The highest BCUT2D eigenvalue weighted by Crippen LogP contribution is 2.27. The van der Waals surface area contributed by atoms with Gasteiger partial charge in [-0.1, -0.05) is 34.1 Å². The Balaban J connectivity index is 2.26. The van der Waals surface area contributed by atoms with Crippen LogP contribution in [0.5, 0.6) is 0 Å². The molecule has 4 heteroatoms. The summed E-state index contributed by atoms with van der Waals surface area (Å²) in [5.41, 5.74) is 3.06. The van der Waals surface area contributed by atoms with E-state index in [2.05, 4.69) is 15.9 Å². The molecule has 0 amide bonds. The van der Waals surface area contributed by atoms with Gasteiger partial charge in [-0.15, -0.1) is 0 Å². The number of hydrogen-bond acceptors (Lipinski definition) is 1. The van der Waals surface area contributed by atoms with Crippen molar-refractivity contribution in [2.45, 2.75) is 26.4 Å². The molecule has 1 atom stereocenters. The van der Waals surface area contributed by atoms with Crippen LogP contribution < -0.4 is 0 Å². The molecule has 0 bridgehead atoms. The second kappa shape index (κ2) is 6.02. The molecule has 0 radical (unpaired) electrons. The summed E-state index contributed by atoms with van der Waals surface area (Å²) in [6.07, 6.45) is -0.701. The molecule has 0 aliphatic heterocycles. The second-order valence-corrected chi connectivity index (χ2v) is 5.72. The molecule has 20 heavy (non-hydrogen) atoms. The van der Waals surface area contributed by atoms with Gasteiger partial charge in [0.05, 0.1) is 6.10 Å². The van der Waals surface area contributed by atoms with Gasteiger partial charge >= 0.3 is 0 Å². The van der Waals surface area contributed by atoms with Crippen LogP contribution in [0, 0.1) is 25.5 Å². The third kappa shape index (κ3) is 3.25. The smallest absolute Gasteiger partial charge is 0.129 e. The average Bonchev–Trinajstić information content (AvgIpc) is 2.38. The maximum Gasteiger partial charge on any atom is 0.129 e. The van der Waals surface area contributed by atoms with Crippen molar-refractivity contribution in [3.63, 3.8) is 0 Å². The summed E-state index contributed by atoms with van der Waals surface area (Å²) in [4.78, 5) is 0. The van der Waals surface area contributed by atoms with E-state index in [-0.39, 0.29) is 6.42 Å². The number of aliphatic hydroxyl groups excluding tert-OH is 1. The monoisotopic (exact) mass is 340 g/mol. The first-order valence-electron chi connectivity index (χ1n) is 6.27. The minimum absolute atomic E-state index is 0.118. The van der Waals surface area contributed by atoms with Crippen molar-refractivity contribution in [3.05, 3.63) is 68.7 Å². The average molecular weight is 341 g/mol. The highest BCUT2D eigenvalue weighted by Gasteiger charge is 2.14. The number of halogens is 3. The van der Waals surface area contributed by atoms with Crippen molar-refractivity contribution in [3.8, 4) is 0 Å². The standard InChI is InChI=1S/C16H15BrF2O/c1-9-5-12(6-10(2)16(9)17)15(20)7-11-3-4-13(18)8-14(11)19/h3-6,8,15,20H,7H2,1-2H3. The Kier molecular flexibility index (Phi) is 4.55. The van der Waals surface area contributed by atoms with Crippen LogP contribution in [0.2, 0.25) is 0 Å². The maximum atomic E-state index is 13.6. The van der Waals surface area contributed by atoms with Crippen LogP contribution in [0.1, 0.15) is 28.4 Å². The van der Waals surface area contributed by atoms with E-state index in [9.17, 15) is 13.9 Å². The number of aryl methyl sites for hydroxylation is 2. The van der Waals surface area contributed by atoms with Crippen molar-refractivity contribution in [2.24, 2.45) is 0 Å². The van der Waals surface area contributed by atoms with Crippen LogP contribution in [-0.2, 0) is 6.42 Å². The zero-order valence-electron chi connectivity index (χ0n) is 11.3. The van der Waals surface area contributed by atoms with E-state index < -0.39 is 17.7 Å². The summed E-state index contributed by atoms with van der Waals surface area (Å²) in [7, 11) is 0. The number of hydrogen-bond donors (Lipinski definition) is 1. The lowest BCUT2D eigenvalue weighted by molar-refractivity contribution is 0.177. The van der Waals surface area contributed by atoms with Gasteiger partial charge in [-0.25, -0.2) is 8.78 Å². The highest BCUT2D eigenvalue weighted by atomic mass is 79.9. The highest BCUT2D eigenvalue weighted by molar-refractivity contribution is 9.10. The van der Waals surface area contributed by atoms with E-state index in [1.54, 1.807) is 0 Å². The van der Waals surface area contributed by atoms with E-state index in [1.807, 2.05) is 26.0 Å².